The Bertz CT molecular complexity index is 930. The van der Waals surface area contributed by atoms with E-state index in [9.17, 15) is 34.2 Å². The van der Waals surface area contributed by atoms with Crippen LogP contribution >= 0.6 is 12.6 Å². The molecule has 0 fully saturated rings. The number of aromatic hydroxyl groups is 1. The minimum atomic E-state index is -1.31. The lowest BCUT2D eigenvalue weighted by atomic mass is 10.0. The van der Waals surface area contributed by atoms with Gasteiger partial charge in [0.2, 0.25) is 17.7 Å². The quantitative estimate of drug-likeness (QED) is 0.0837. The summed E-state index contributed by atoms with van der Waals surface area (Å²) >= 11 is 3.93. The second-order valence-electron chi connectivity index (χ2n) is 8.40. The van der Waals surface area contributed by atoms with Crippen molar-refractivity contribution in [1.29, 1.82) is 0 Å². The first-order chi connectivity index (χ1) is 17.5. The molecule has 4 atom stereocenters. The number of unbranched alkanes of at least 4 members (excludes halogenated alkanes) is 1. The molecule has 4 unspecified atom stereocenters. The van der Waals surface area contributed by atoms with Crippen molar-refractivity contribution in [1.82, 2.24) is 16.0 Å². The number of rotatable bonds is 17. The van der Waals surface area contributed by atoms with Gasteiger partial charge >= 0.3 is 11.9 Å². The predicted molar refractivity (Wildman–Crippen MR) is 137 cm³/mol. The maximum Gasteiger partial charge on any atom is 0.327 e. The fourth-order valence-corrected chi connectivity index (χ4v) is 3.51. The zero-order chi connectivity index (χ0) is 28.0. The van der Waals surface area contributed by atoms with Gasteiger partial charge in [-0.3, -0.25) is 19.2 Å². The SMILES string of the molecule is NCCCCC(NC(=O)C(N)CCC(=O)O)C(=O)NC(Cc1ccc(O)cc1)C(=O)NC(CS)C(=O)O. The molecule has 0 saturated carbocycles. The van der Waals surface area contributed by atoms with Crippen LogP contribution in [0.5, 0.6) is 5.75 Å². The van der Waals surface area contributed by atoms with Gasteiger partial charge in [0, 0.05) is 18.6 Å². The van der Waals surface area contributed by atoms with Crippen LogP contribution in [0.15, 0.2) is 24.3 Å². The van der Waals surface area contributed by atoms with E-state index >= 15 is 0 Å². The van der Waals surface area contributed by atoms with Crippen molar-refractivity contribution in [2.45, 2.75) is 62.7 Å². The topological polar surface area (TPSA) is 234 Å². The van der Waals surface area contributed by atoms with Crippen molar-refractivity contribution in [2.24, 2.45) is 11.5 Å². The van der Waals surface area contributed by atoms with E-state index in [0.717, 1.165) is 0 Å². The molecule has 1 aromatic carbocycles. The lowest BCUT2D eigenvalue weighted by molar-refractivity contribution is -0.141. The van der Waals surface area contributed by atoms with Crippen molar-refractivity contribution in [3.05, 3.63) is 29.8 Å². The van der Waals surface area contributed by atoms with Crippen LogP contribution in [0.1, 0.15) is 37.7 Å². The van der Waals surface area contributed by atoms with E-state index in [2.05, 4.69) is 28.6 Å². The number of carboxylic acid groups (broad SMARTS) is 2. The van der Waals surface area contributed by atoms with Gasteiger partial charge in [0.15, 0.2) is 0 Å². The van der Waals surface area contributed by atoms with Crippen LogP contribution in [0.4, 0.5) is 0 Å². The molecule has 0 saturated heterocycles. The van der Waals surface area contributed by atoms with Crippen molar-refractivity contribution in [3.8, 4) is 5.75 Å². The van der Waals surface area contributed by atoms with E-state index < -0.39 is 53.8 Å². The first-order valence-corrected chi connectivity index (χ1v) is 12.3. The van der Waals surface area contributed by atoms with Gasteiger partial charge in [0.05, 0.1) is 6.04 Å². The van der Waals surface area contributed by atoms with E-state index in [-0.39, 0.29) is 37.2 Å². The molecule has 3 amide bonds. The van der Waals surface area contributed by atoms with Crippen LogP contribution in [0.3, 0.4) is 0 Å². The summed E-state index contributed by atoms with van der Waals surface area (Å²) in [4.78, 5) is 60.7. The molecule has 1 aromatic rings. The molecule has 1 rings (SSSR count). The van der Waals surface area contributed by atoms with Gasteiger partial charge in [-0.2, -0.15) is 12.6 Å². The Balaban J connectivity index is 3.09. The molecule has 14 heteroatoms. The average Bonchev–Trinajstić information content (AvgIpc) is 2.85. The van der Waals surface area contributed by atoms with Crippen LogP contribution in [-0.2, 0) is 30.4 Å². The van der Waals surface area contributed by atoms with Gasteiger partial charge < -0.3 is 42.7 Å². The monoisotopic (exact) mass is 541 g/mol. The number of phenolic OH excluding ortho intramolecular Hbond substituents is 1. The number of hydrogen-bond donors (Lipinski definition) is 9. The number of phenols is 1. The molecule has 0 heterocycles. The Morgan fingerprint density at radius 3 is 1.95 bits per heavy atom. The van der Waals surface area contributed by atoms with E-state index in [4.69, 9.17) is 16.6 Å². The van der Waals surface area contributed by atoms with Crippen LogP contribution in [0.25, 0.3) is 0 Å². The summed E-state index contributed by atoms with van der Waals surface area (Å²) in [7, 11) is 0. The molecule has 0 radical (unpaired) electrons. The highest BCUT2D eigenvalue weighted by Gasteiger charge is 2.30. The number of nitrogens with one attached hydrogen (secondary N) is 3. The van der Waals surface area contributed by atoms with Crippen molar-refractivity contribution in [2.75, 3.05) is 12.3 Å². The minimum Gasteiger partial charge on any atom is -0.508 e. The molecular formula is C23H35N5O8S. The highest BCUT2D eigenvalue weighted by atomic mass is 32.1. The first kappa shape index (κ1) is 31.7. The molecule has 206 valence electrons. The summed E-state index contributed by atoms with van der Waals surface area (Å²) in [5.41, 5.74) is 11.8. The number of hydrogen-bond acceptors (Lipinski definition) is 9. The number of nitrogens with two attached hydrogens (primary N) is 2. The third-order valence-electron chi connectivity index (χ3n) is 5.39. The lowest BCUT2D eigenvalue weighted by Crippen LogP contribution is -2.57. The summed E-state index contributed by atoms with van der Waals surface area (Å²) in [5.74, 6) is -4.84. The van der Waals surface area contributed by atoms with Gasteiger partial charge in [-0.15, -0.1) is 0 Å². The maximum atomic E-state index is 13.2. The summed E-state index contributed by atoms with van der Waals surface area (Å²) in [6.07, 6.45) is 0.688. The molecule has 37 heavy (non-hydrogen) atoms. The van der Waals surface area contributed by atoms with Gasteiger partial charge in [0.1, 0.15) is 23.9 Å². The zero-order valence-electron chi connectivity index (χ0n) is 20.3. The molecule has 0 spiro atoms. The first-order valence-electron chi connectivity index (χ1n) is 11.7. The summed E-state index contributed by atoms with van der Waals surface area (Å²) in [5, 5.41) is 35.0. The highest BCUT2D eigenvalue weighted by molar-refractivity contribution is 7.80. The maximum absolute atomic E-state index is 13.2. The summed E-state index contributed by atoms with van der Waals surface area (Å²) in [6, 6.07) is 1.07. The molecular weight excluding hydrogens is 506 g/mol. The molecule has 13 nitrogen and oxygen atoms in total. The zero-order valence-corrected chi connectivity index (χ0v) is 21.2. The fraction of sp³-hybridized carbons (Fsp3) is 0.522. The lowest BCUT2D eigenvalue weighted by Gasteiger charge is -2.25. The highest BCUT2D eigenvalue weighted by Crippen LogP contribution is 2.12. The van der Waals surface area contributed by atoms with Gasteiger partial charge in [0.25, 0.3) is 0 Å². The average molecular weight is 542 g/mol. The van der Waals surface area contributed by atoms with Crippen LogP contribution in [-0.4, -0.2) is 81.4 Å². The summed E-state index contributed by atoms with van der Waals surface area (Å²) < 4.78 is 0. The van der Waals surface area contributed by atoms with Crippen molar-refractivity contribution in [3.63, 3.8) is 0 Å². The number of carbonyl (C=O) groups excluding carboxylic acids is 3. The molecule has 0 aromatic heterocycles. The molecule has 0 aliphatic heterocycles. The fourth-order valence-electron chi connectivity index (χ4n) is 3.26. The minimum absolute atomic E-state index is 0.00304. The third kappa shape index (κ3) is 11.9. The van der Waals surface area contributed by atoms with Crippen molar-refractivity contribution < 1.29 is 39.3 Å². The number of carboxylic acids is 2. The van der Waals surface area contributed by atoms with E-state index in [1.807, 2.05) is 0 Å². The third-order valence-corrected chi connectivity index (χ3v) is 5.76. The van der Waals surface area contributed by atoms with Crippen molar-refractivity contribution >= 4 is 42.3 Å². The van der Waals surface area contributed by atoms with E-state index in [0.29, 0.717) is 24.9 Å². The number of carbonyl (C=O) groups is 5. The Morgan fingerprint density at radius 2 is 1.41 bits per heavy atom. The molecule has 10 N–H and O–H groups in total. The standard InChI is InChI=1S/C23H35N5O8S/c24-10-2-1-3-16(26-20(32)15(25)8-9-19(30)31)21(33)27-17(11-13-4-6-14(29)7-5-13)22(34)28-18(12-37)23(35)36/h4-7,15-18,29,37H,1-3,8-12,24-25H2,(H,26,32)(H,27,33)(H,28,34)(H,30,31)(H,35,36). The smallest absolute Gasteiger partial charge is 0.327 e. The summed E-state index contributed by atoms with van der Waals surface area (Å²) in [6.45, 7) is 0.354. The largest absolute Gasteiger partial charge is 0.508 e. The molecule has 0 bridgehead atoms. The van der Waals surface area contributed by atoms with E-state index in [1.165, 1.54) is 24.3 Å². The molecule has 0 aliphatic rings. The van der Waals surface area contributed by atoms with Crippen LogP contribution < -0.4 is 27.4 Å². The Labute approximate surface area is 219 Å². The predicted octanol–water partition coefficient (Wildman–Crippen LogP) is -1.28. The van der Waals surface area contributed by atoms with Crippen LogP contribution in [0, 0.1) is 0 Å². The normalized spacial score (nSPS) is 14.0. The Hall–Kier alpha value is -3.36. The second-order valence-corrected chi connectivity index (χ2v) is 8.76. The number of benzene rings is 1. The number of aliphatic carboxylic acids is 2. The molecule has 0 aliphatic carbocycles. The Kier molecular flexibility index (Phi) is 14.0. The van der Waals surface area contributed by atoms with Crippen LogP contribution in [0.2, 0.25) is 0 Å². The van der Waals surface area contributed by atoms with Gasteiger partial charge in [-0.1, -0.05) is 12.1 Å². The Morgan fingerprint density at radius 1 is 0.838 bits per heavy atom. The van der Waals surface area contributed by atoms with Gasteiger partial charge in [-0.25, -0.2) is 4.79 Å². The van der Waals surface area contributed by atoms with Gasteiger partial charge in [-0.05, 0) is 49.9 Å². The number of thiol groups is 1. The second kappa shape index (κ2) is 16.4. The number of amides is 3. The van der Waals surface area contributed by atoms with E-state index in [1.54, 1.807) is 0 Å².